The Hall–Kier alpha value is -2.97. The fourth-order valence-corrected chi connectivity index (χ4v) is 6.98. The normalized spacial score (nSPS) is 18.6. The van der Waals surface area contributed by atoms with Crippen molar-refractivity contribution in [2.75, 3.05) is 29.9 Å². The molecule has 1 unspecified atom stereocenters. The van der Waals surface area contributed by atoms with Crippen molar-refractivity contribution >= 4 is 21.6 Å². The second-order valence-electron chi connectivity index (χ2n) is 9.57. The molecule has 1 atom stereocenters. The first-order valence-electron chi connectivity index (χ1n) is 12.4. The van der Waals surface area contributed by atoms with E-state index < -0.39 is 9.84 Å². The lowest BCUT2D eigenvalue weighted by molar-refractivity contribution is -0.117. The predicted molar refractivity (Wildman–Crippen MR) is 139 cm³/mol. The van der Waals surface area contributed by atoms with E-state index in [-0.39, 0.29) is 30.0 Å². The third-order valence-corrected chi connectivity index (χ3v) is 8.70. The molecular weight excluding hydrogens is 460 g/mol. The molecule has 3 aromatic rings. The lowest BCUT2D eigenvalue weighted by Gasteiger charge is -2.26. The number of fused-ring (bicyclic) bond motifs is 1. The summed E-state index contributed by atoms with van der Waals surface area (Å²) in [5, 5.41) is 7.91. The summed E-state index contributed by atoms with van der Waals surface area (Å²) >= 11 is 0. The zero-order chi connectivity index (χ0) is 24.4. The Kier molecular flexibility index (Phi) is 6.75. The minimum Gasteiger partial charge on any atom is -0.309 e. The average molecular weight is 493 g/mol. The molecule has 5 rings (SSSR count). The number of amides is 1. The molecular formula is C27H32N4O3S. The van der Waals surface area contributed by atoms with Gasteiger partial charge in [-0.3, -0.25) is 9.69 Å². The monoisotopic (exact) mass is 492 g/mol. The number of carbonyl (C=O) groups is 1. The van der Waals surface area contributed by atoms with Crippen LogP contribution in [0.5, 0.6) is 0 Å². The predicted octanol–water partition coefficient (Wildman–Crippen LogP) is 3.87. The Morgan fingerprint density at radius 2 is 1.91 bits per heavy atom. The summed E-state index contributed by atoms with van der Waals surface area (Å²) in [6.07, 6.45) is 4.85. The highest BCUT2D eigenvalue weighted by atomic mass is 32.2. The topological polar surface area (TPSA) is 84.3 Å². The van der Waals surface area contributed by atoms with Crippen LogP contribution < -0.4 is 5.32 Å². The first-order valence-corrected chi connectivity index (χ1v) is 14.3. The minimum atomic E-state index is -3.02. The molecule has 184 valence electrons. The van der Waals surface area contributed by atoms with Crippen LogP contribution in [0, 0.1) is 0 Å². The molecule has 1 aliphatic carbocycles. The van der Waals surface area contributed by atoms with Crippen LogP contribution in [-0.2, 0) is 27.5 Å². The Labute approximate surface area is 207 Å². The second-order valence-corrected chi connectivity index (χ2v) is 11.8. The summed E-state index contributed by atoms with van der Waals surface area (Å²) in [7, 11) is -3.02. The molecule has 2 aromatic carbocycles. The molecule has 0 spiro atoms. The molecule has 0 bridgehead atoms. The van der Waals surface area contributed by atoms with Crippen LogP contribution >= 0.6 is 0 Å². The van der Waals surface area contributed by atoms with Gasteiger partial charge in [-0.1, -0.05) is 37.3 Å². The molecule has 1 fully saturated rings. The Morgan fingerprint density at radius 3 is 2.66 bits per heavy atom. The quantitative estimate of drug-likeness (QED) is 0.516. The van der Waals surface area contributed by atoms with Crippen molar-refractivity contribution in [3.05, 3.63) is 65.7 Å². The highest BCUT2D eigenvalue weighted by Gasteiger charge is 2.32. The maximum atomic E-state index is 13.2. The van der Waals surface area contributed by atoms with Gasteiger partial charge < -0.3 is 5.32 Å². The number of hydrogen-bond acceptors (Lipinski definition) is 5. The maximum Gasteiger partial charge on any atom is 0.239 e. The van der Waals surface area contributed by atoms with Crippen molar-refractivity contribution in [2.24, 2.45) is 0 Å². The van der Waals surface area contributed by atoms with E-state index in [2.05, 4.69) is 23.5 Å². The first-order chi connectivity index (χ1) is 16.9. The number of aryl methyl sites for hydroxylation is 2. The van der Waals surface area contributed by atoms with Gasteiger partial charge in [0.05, 0.1) is 29.4 Å². The lowest BCUT2D eigenvalue weighted by atomic mass is 10.0. The number of benzene rings is 2. The van der Waals surface area contributed by atoms with Gasteiger partial charge in [0.25, 0.3) is 0 Å². The van der Waals surface area contributed by atoms with E-state index in [4.69, 9.17) is 5.10 Å². The van der Waals surface area contributed by atoms with Crippen LogP contribution in [0.25, 0.3) is 16.9 Å². The summed E-state index contributed by atoms with van der Waals surface area (Å²) in [5.74, 6) is 0.766. The molecule has 35 heavy (non-hydrogen) atoms. The van der Waals surface area contributed by atoms with Crippen molar-refractivity contribution in [1.82, 2.24) is 14.7 Å². The fraction of sp³-hybridized carbons (Fsp3) is 0.407. The summed E-state index contributed by atoms with van der Waals surface area (Å²) < 4.78 is 25.8. The Balaban J connectivity index is 1.40. The van der Waals surface area contributed by atoms with E-state index in [9.17, 15) is 13.2 Å². The van der Waals surface area contributed by atoms with E-state index >= 15 is 0 Å². The van der Waals surface area contributed by atoms with Crippen LogP contribution in [-0.4, -0.2) is 59.6 Å². The van der Waals surface area contributed by atoms with E-state index in [1.165, 1.54) is 17.5 Å². The number of hydrogen-bond donors (Lipinski definition) is 1. The summed E-state index contributed by atoms with van der Waals surface area (Å²) in [5.41, 5.74) is 5.51. The minimum absolute atomic E-state index is 0.105. The molecule has 1 amide bonds. The molecule has 0 saturated carbocycles. The van der Waals surface area contributed by atoms with E-state index in [1.54, 1.807) is 4.68 Å². The van der Waals surface area contributed by atoms with Crippen LogP contribution in [0.2, 0.25) is 0 Å². The summed E-state index contributed by atoms with van der Waals surface area (Å²) in [6.45, 7) is 2.88. The van der Waals surface area contributed by atoms with Gasteiger partial charge in [-0.05, 0) is 68.0 Å². The molecule has 1 saturated heterocycles. The van der Waals surface area contributed by atoms with Gasteiger partial charge >= 0.3 is 0 Å². The molecule has 1 N–H and O–H groups in total. The number of para-hydroxylation sites is 1. The van der Waals surface area contributed by atoms with Crippen molar-refractivity contribution < 1.29 is 13.2 Å². The van der Waals surface area contributed by atoms with E-state index in [1.807, 2.05) is 48.2 Å². The van der Waals surface area contributed by atoms with Crippen LogP contribution in [0.3, 0.4) is 0 Å². The first kappa shape index (κ1) is 23.8. The fourth-order valence-electron chi connectivity index (χ4n) is 5.22. The van der Waals surface area contributed by atoms with Gasteiger partial charge in [-0.25, -0.2) is 13.1 Å². The highest BCUT2D eigenvalue weighted by molar-refractivity contribution is 7.91. The summed E-state index contributed by atoms with van der Waals surface area (Å²) in [4.78, 5) is 15.2. The molecule has 2 heterocycles. The Morgan fingerprint density at radius 1 is 1.11 bits per heavy atom. The number of rotatable bonds is 8. The van der Waals surface area contributed by atoms with Gasteiger partial charge in [-0.15, -0.1) is 0 Å². The van der Waals surface area contributed by atoms with E-state index in [0.717, 1.165) is 36.2 Å². The van der Waals surface area contributed by atoms with Crippen LogP contribution in [0.15, 0.2) is 54.6 Å². The molecule has 7 nitrogen and oxygen atoms in total. The second kappa shape index (κ2) is 9.95. The molecule has 1 aliphatic heterocycles. The van der Waals surface area contributed by atoms with Crippen molar-refractivity contribution in [3.8, 4) is 16.9 Å². The lowest BCUT2D eigenvalue weighted by Crippen LogP contribution is -2.42. The number of nitrogens with zero attached hydrogens (tertiary/aromatic N) is 3. The zero-order valence-corrected chi connectivity index (χ0v) is 20.9. The van der Waals surface area contributed by atoms with Gasteiger partial charge in [0.15, 0.2) is 9.84 Å². The van der Waals surface area contributed by atoms with Gasteiger partial charge in [0.1, 0.15) is 5.82 Å². The van der Waals surface area contributed by atoms with Crippen LogP contribution in [0.1, 0.15) is 37.3 Å². The zero-order valence-electron chi connectivity index (χ0n) is 20.1. The molecule has 8 heteroatoms. The van der Waals surface area contributed by atoms with Crippen molar-refractivity contribution in [1.29, 1.82) is 0 Å². The van der Waals surface area contributed by atoms with Gasteiger partial charge in [0.2, 0.25) is 5.91 Å². The SMILES string of the molecule is CCCN(CC(=O)Nc1cc(-c2ccc3c(c2)CCC3)nn1-c1ccccc1)C1CCS(=O)(=O)C1. The maximum absolute atomic E-state index is 13.2. The number of nitrogens with one attached hydrogen (secondary N) is 1. The third kappa shape index (κ3) is 5.33. The van der Waals surface area contributed by atoms with Crippen molar-refractivity contribution in [2.45, 2.75) is 45.1 Å². The number of sulfone groups is 1. The smallest absolute Gasteiger partial charge is 0.239 e. The molecule has 2 aliphatic rings. The Bertz CT molecular complexity index is 1320. The number of anilines is 1. The molecule has 0 radical (unpaired) electrons. The molecule has 1 aromatic heterocycles. The van der Waals surface area contributed by atoms with Crippen molar-refractivity contribution in [3.63, 3.8) is 0 Å². The van der Waals surface area contributed by atoms with Crippen LogP contribution in [0.4, 0.5) is 5.82 Å². The summed E-state index contributed by atoms with van der Waals surface area (Å²) in [6, 6.07) is 18.1. The number of aromatic nitrogens is 2. The standard InChI is InChI=1S/C27H32N4O3S/c1-2-14-30(24-13-15-35(33,34)19-24)18-27(32)28-26-17-25(29-31(26)23-9-4-3-5-10-23)22-12-11-20-7-6-8-21(20)16-22/h3-5,9-12,16-17,24H,2,6-8,13-15,18-19H2,1H3,(H,28,32). The third-order valence-electron chi connectivity index (χ3n) is 6.95. The van der Waals surface area contributed by atoms with Gasteiger partial charge in [-0.2, -0.15) is 5.10 Å². The number of carbonyl (C=O) groups excluding carboxylic acids is 1. The van der Waals surface area contributed by atoms with E-state index in [0.29, 0.717) is 18.8 Å². The highest BCUT2D eigenvalue weighted by Crippen LogP contribution is 2.30. The average Bonchev–Trinajstić information content (AvgIpc) is 3.57. The van der Waals surface area contributed by atoms with Gasteiger partial charge in [0, 0.05) is 17.7 Å². The largest absolute Gasteiger partial charge is 0.309 e.